The number of benzene rings is 3. The van der Waals surface area contributed by atoms with E-state index in [2.05, 4.69) is 4.72 Å². The van der Waals surface area contributed by atoms with E-state index in [1.54, 1.807) is 23.1 Å². The second kappa shape index (κ2) is 8.23. The molecule has 0 fully saturated rings. The zero-order valence-electron chi connectivity index (χ0n) is 15.1. The van der Waals surface area contributed by atoms with Crippen LogP contribution in [0.5, 0.6) is 5.75 Å². The number of fused-ring (bicyclic) bond motifs is 1. The van der Waals surface area contributed by atoms with Crippen molar-refractivity contribution in [3.8, 4) is 5.75 Å². The fraction of sp³-hybridized carbons (Fsp3) is 0.0952. The maximum absolute atomic E-state index is 13.3. The molecule has 1 amide bonds. The predicted octanol–water partition coefficient (Wildman–Crippen LogP) is 5.13. The van der Waals surface area contributed by atoms with Crippen molar-refractivity contribution in [3.63, 3.8) is 0 Å². The molecule has 0 aromatic heterocycles. The Morgan fingerprint density at radius 3 is 2.66 bits per heavy atom. The number of hydrogen-bond donors (Lipinski definition) is 1. The molecule has 0 saturated carbocycles. The fourth-order valence-electron chi connectivity index (χ4n) is 2.97. The Labute approximate surface area is 174 Å². The molecular weight excluding hydrogens is 415 g/mol. The third kappa shape index (κ3) is 4.41. The fourth-order valence-corrected chi connectivity index (χ4v) is 4.05. The summed E-state index contributed by atoms with van der Waals surface area (Å²) in [6, 6.07) is 18.6. The van der Waals surface area contributed by atoms with Crippen LogP contribution in [0.4, 0.5) is 14.9 Å². The lowest BCUT2D eigenvalue weighted by atomic mass is 10.1. The minimum atomic E-state index is -1.60. The van der Waals surface area contributed by atoms with Gasteiger partial charge in [-0.25, -0.2) is 13.4 Å². The quantitative estimate of drug-likeness (QED) is 0.610. The van der Waals surface area contributed by atoms with Gasteiger partial charge in [-0.15, -0.1) is 0 Å². The Hall–Kier alpha value is -2.90. The van der Waals surface area contributed by atoms with Crippen LogP contribution in [0.2, 0.25) is 5.02 Å². The summed E-state index contributed by atoms with van der Waals surface area (Å²) in [6.07, 6.45) is -0.422. The van der Waals surface area contributed by atoms with Gasteiger partial charge < -0.3 is 9.46 Å². The molecule has 3 aromatic rings. The van der Waals surface area contributed by atoms with Crippen molar-refractivity contribution in [2.45, 2.75) is 18.0 Å². The third-order valence-electron chi connectivity index (χ3n) is 4.41. The number of halogens is 2. The van der Waals surface area contributed by atoms with Crippen LogP contribution in [0, 0.1) is 5.82 Å². The lowest BCUT2D eigenvalue weighted by Gasteiger charge is -2.28. The highest BCUT2D eigenvalue weighted by Gasteiger charge is 2.25. The maximum atomic E-state index is 13.3. The summed E-state index contributed by atoms with van der Waals surface area (Å²) < 4.78 is 34.2. The van der Waals surface area contributed by atoms with Crippen LogP contribution in [0.15, 0.2) is 71.6 Å². The van der Waals surface area contributed by atoms with Gasteiger partial charge in [0.15, 0.2) is 0 Å². The van der Waals surface area contributed by atoms with Crippen molar-refractivity contribution in [2.24, 2.45) is 0 Å². The molecule has 0 bridgehead atoms. The van der Waals surface area contributed by atoms with E-state index in [9.17, 15) is 13.4 Å². The van der Waals surface area contributed by atoms with Crippen LogP contribution in [0.25, 0.3) is 0 Å². The minimum Gasteiger partial charge on any atom is -0.410 e. The van der Waals surface area contributed by atoms with E-state index in [4.69, 9.17) is 16.3 Å². The van der Waals surface area contributed by atoms with E-state index < -0.39 is 22.9 Å². The lowest BCUT2D eigenvalue weighted by molar-refractivity contribution is 0.135. The summed E-state index contributed by atoms with van der Waals surface area (Å²) in [7, 11) is -1.60. The number of carbonyl (C=O) groups is 1. The van der Waals surface area contributed by atoms with Crippen LogP contribution in [0.1, 0.15) is 11.1 Å². The summed E-state index contributed by atoms with van der Waals surface area (Å²) in [5, 5.41) is -0.0547. The molecule has 1 N–H and O–H groups in total. The highest BCUT2D eigenvalue weighted by Crippen LogP contribution is 2.29. The monoisotopic (exact) mass is 430 g/mol. The molecule has 1 aliphatic rings. The van der Waals surface area contributed by atoms with E-state index in [-0.39, 0.29) is 5.02 Å². The zero-order chi connectivity index (χ0) is 20.4. The largest absolute Gasteiger partial charge is 0.415 e. The van der Waals surface area contributed by atoms with Crippen LogP contribution in [0.3, 0.4) is 0 Å². The second-order valence-electron chi connectivity index (χ2n) is 6.48. The van der Waals surface area contributed by atoms with E-state index in [1.165, 1.54) is 18.2 Å². The summed E-state index contributed by atoms with van der Waals surface area (Å²) in [5.41, 5.74) is 2.18. The minimum absolute atomic E-state index is 0.0547. The lowest BCUT2D eigenvalue weighted by Crippen LogP contribution is -2.36. The third-order valence-corrected chi connectivity index (χ3v) is 5.80. The molecule has 3 aromatic carbocycles. The summed E-state index contributed by atoms with van der Waals surface area (Å²) in [4.78, 5) is 14.4. The molecular formula is C21H16ClFN2O3S. The number of nitrogens with one attached hydrogen (secondary N) is 1. The van der Waals surface area contributed by atoms with Crippen molar-refractivity contribution in [1.29, 1.82) is 0 Å². The van der Waals surface area contributed by atoms with Gasteiger partial charge in [0.2, 0.25) is 0 Å². The molecule has 0 spiro atoms. The van der Waals surface area contributed by atoms with Crippen LogP contribution < -0.4 is 9.46 Å². The van der Waals surface area contributed by atoms with Gasteiger partial charge in [0.1, 0.15) is 22.6 Å². The van der Waals surface area contributed by atoms with Crippen molar-refractivity contribution < 1.29 is 18.1 Å². The first-order chi connectivity index (χ1) is 14.0. The Bertz CT molecular complexity index is 1090. The normalized spacial score (nSPS) is 14.1. The Kier molecular flexibility index (Phi) is 5.51. The molecule has 1 aliphatic heterocycles. The number of nitrogens with zero attached hydrogens (tertiary/aromatic N) is 1. The molecule has 8 heteroatoms. The van der Waals surface area contributed by atoms with Crippen molar-refractivity contribution >= 4 is 34.4 Å². The number of ether oxygens (including phenoxy) is 1. The molecule has 1 atom stereocenters. The zero-order valence-corrected chi connectivity index (χ0v) is 16.7. The first-order valence-electron chi connectivity index (χ1n) is 8.77. The van der Waals surface area contributed by atoms with Gasteiger partial charge in [-0.3, -0.25) is 4.90 Å². The first kappa shape index (κ1) is 19.4. The van der Waals surface area contributed by atoms with Gasteiger partial charge >= 0.3 is 6.09 Å². The molecule has 0 radical (unpaired) electrons. The number of anilines is 1. The first-order valence-corrected chi connectivity index (χ1v) is 10.3. The summed E-state index contributed by atoms with van der Waals surface area (Å²) in [5.74, 6) is -0.0954. The molecule has 5 nitrogen and oxygen atoms in total. The molecule has 1 heterocycles. The van der Waals surface area contributed by atoms with Gasteiger partial charge in [0.25, 0.3) is 0 Å². The molecule has 0 aliphatic carbocycles. The molecule has 148 valence electrons. The van der Waals surface area contributed by atoms with Crippen LogP contribution >= 0.6 is 11.6 Å². The van der Waals surface area contributed by atoms with Crippen molar-refractivity contribution in [3.05, 3.63) is 88.7 Å². The number of rotatable bonds is 5. The van der Waals surface area contributed by atoms with Crippen molar-refractivity contribution in [2.75, 3.05) is 4.72 Å². The summed E-state index contributed by atoms with van der Waals surface area (Å²) >= 11 is 5.77. The Morgan fingerprint density at radius 1 is 1.10 bits per heavy atom. The topological polar surface area (TPSA) is 58.6 Å². The number of carbonyl (C=O) groups excluding carboxylic acids is 1. The Morgan fingerprint density at radius 2 is 1.90 bits per heavy atom. The van der Waals surface area contributed by atoms with E-state index in [1.807, 2.05) is 30.3 Å². The van der Waals surface area contributed by atoms with E-state index in [0.29, 0.717) is 29.4 Å². The van der Waals surface area contributed by atoms with Gasteiger partial charge in [0.05, 0.1) is 16.5 Å². The molecule has 29 heavy (non-hydrogen) atoms. The van der Waals surface area contributed by atoms with Crippen LogP contribution in [-0.4, -0.2) is 15.2 Å². The average Bonchev–Trinajstić information content (AvgIpc) is 2.72. The van der Waals surface area contributed by atoms with Gasteiger partial charge in [0, 0.05) is 17.8 Å². The van der Waals surface area contributed by atoms with Gasteiger partial charge in [-0.05, 0) is 42.0 Å². The standard InChI is InChI=1S/C21H16ClFN2O3S/c22-18-11-16(6-8-19(18)23)24-29(27)17-7-9-20-15(10-17)13-25(21(26)28-20)12-14-4-2-1-3-5-14/h1-11,24H,12-13H2. The molecule has 0 saturated heterocycles. The SMILES string of the molecule is O=C1Oc2ccc(S(=O)Nc3ccc(F)c(Cl)c3)cc2CN1Cc1ccccc1. The van der Waals surface area contributed by atoms with Gasteiger partial charge in [-0.1, -0.05) is 41.9 Å². The second-order valence-corrected chi connectivity index (χ2v) is 8.10. The van der Waals surface area contributed by atoms with E-state index in [0.717, 1.165) is 11.1 Å². The Balaban J connectivity index is 1.52. The van der Waals surface area contributed by atoms with Crippen molar-refractivity contribution in [1.82, 2.24) is 4.90 Å². The summed E-state index contributed by atoms with van der Waals surface area (Å²) in [6.45, 7) is 0.759. The number of amides is 1. The highest BCUT2D eigenvalue weighted by molar-refractivity contribution is 7.86. The molecule has 1 unspecified atom stereocenters. The van der Waals surface area contributed by atoms with Gasteiger partial charge in [-0.2, -0.15) is 0 Å². The van der Waals surface area contributed by atoms with E-state index >= 15 is 0 Å². The number of hydrogen-bond acceptors (Lipinski definition) is 3. The maximum Gasteiger partial charge on any atom is 0.415 e. The smallest absolute Gasteiger partial charge is 0.410 e. The van der Waals surface area contributed by atoms with Crippen LogP contribution in [-0.2, 0) is 24.1 Å². The highest BCUT2D eigenvalue weighted by atomic mass is 35.5. The predicted molar refractivity (Wildman–Crippen MR) is 110 cm³/mol. The average molecular weight is 431 g/mol. The molecule has 4 rings (SSSR count).